The van der Waals surface area contributed by atoms with Crippen molar-refractivity contribution < 1.29 is 9.59 Å². The summed E-state index contributed by atoms with van der Waals surface area (Å²) in [5.41, 5.74) is 9.16. The smallest absolute Gasteiger partial charge is 0.245 e. The summed E-state index contributed by atoms with van der Waals surface area (Å²) >= 11 is 0. The zero-order valence-corrected chi connectivity index (χ0v) is 21.5. The summed E-state index contributed by atoms with van der Waals surface area (Å²) in [6, 6.07) is 7.89. The van der Waals surface area contributed by atoms with Gasteiger partial charge in [-0.15, -0.1) is 0 Å². The SMILES string of the molecule is CC/C=C\C(=C/C(C)NCCN1CCCCC(NC(=O)Cc2ccc(C(C)C)cc2)C1=O)CN. The molecule has 1 fully saturated rings. The molecule has 0 aliphatic carbocycles. The number of hydrogen-bond acceptors (Lipinski definition) is 4. The Morgan fingerprint density at radius 3 is 2.59 bits per heavy atom. The monoisotopic (exact) mass is 468 g/mol. The quantitative estimate of drug-likeness (QED) is 0.409. The Bertz CT molecular complexity index is 829. The molecule has 0 radical (unpaired) electrons. The van der Waals surface area contributed by atoms with Crippen LogP contribution in [-0.4, -0.2) is 55.0 Å². The van der Waals surface area contributed by atoms with Crippen molar-refractivity contribution >= 4 is 11.8 Å². The van der Waals surface area contributed by atoms with E-state index in [4.69, 9.17) is 5.73 Å². The van der Waals surface area contributed by atoms with Crippen molar-refractivity contribution in [3.63, 3.8) is 0 Å². The van der Waals surface area contributed by atoms with Crippen LogP contribution in [0.25, 0.3) is 0 Å². The predicted molar refractivity (Wildman–Crippen MR) is 141 cm³/mol. The standard InChI is InChI=1S/C28H44N4O2/c1-5-6-9-24(20-29)18-22(4)30-15-17-32-16-8-7-10-26(28(32)34)31-27(33)19-23-11-13-25(14-12-23)21(2)3/h6,9,11-14,18,21-22,26,30H,5,7-8,10,15-17,19-20,29H2,1-4H3,(H,31,33)/b9-6-,24-18+. The molecule has 34 heavy (non-hydrogen) atoms. The van der Waals surface area contributed by atoms with Crippen LogP contribution in [0, 0.1) is 0 Å². The van der Waals surface area contributed by atoms with Crippen molar-refractivity contribution in [2.24, 2.45) is 5.73 Å². The Kier molecular flexibility index (Phi) is 12.1. The second-order valence-corrected chi connectivity index (χ2v) is 9.51. The number of hydrogen-bond donors (Lipinski definition) is 3. The molecule has 1 aliphatic heterocycles. The summed E-state index contributed by atoms with van der Waals surface area (Å²) in [6.07, 6.45) is 10.2. The molecule has 0 spiro atoms. The summed E-state index contributed by atoms with van der Waals surface area (Å²) in [5, 5.41) is 6.46. The first-order valence-corrected chi connectivity index (χ1v) is 12.8. The van der Waals surface area contributed by atoms with Gasteiger partial charge in [-0.05, 0) is 55.2 Å². The van der Waals surface area contributed by atoms with Gasteiger partial charge in [0.15, 0.2) is 0 Å². The first-order valence-electron chi connectivity index (χ1n) is 12.8. The first-order chi connectivity index (χ1) is 16.3. The maximum absolute atomic E-state index is 13.1. The summed E-state index contributed by atoms with van der Waals surface area (Å²) in [6.45, 7) is 11.1. The van der Waals surface area contributed by atoms with Crippen molar-refractivity contribution in [1.82, 2.24) is 15.5 Å². The Hall–Kier alpha value is -2.44. The topological polar surface area (TPSA) is 87.5 Å². The van der Waals surface area contributed by atoms with E-state index in [1.807, 2.05) is 17.0 Å². The molecule has 6 nitrogen and oxygen atoms in total. The van der Waals surface area contributed by atoms with Crippen molar-refractivity contribution in [2.75, 3.05) is 26.2 Å². The molecular weight excluding hydrogens is 424 g/mol. The molecule has 1 aromatic carbocycles. The molecule has 1 heterocycles. The highest BCUT2D eigenvalue weighted by Gasteiger charge is 2.28. The van der Waals surface area contributed by atoms with Crippen LogP contribution in [-0.2, 0) is 16.0 Å². The number of amides is 2. The van der Waals surface area contributed by atoms with Crippen LogP contribution in [0.5, 0.6) is 0 Å². The fraction of sp³-hybridized carbons (Fsp3) is 0.571. The first kappa shape index (κ1) is 27.8. The molecule has 4 N–H and O–H groups in total. The molecule has 1 aliphatic rings. The van der Waals surface area contributed by atoms with Gasteiger partial charge in [-0.2, -0.15) is 0 Å². The number of rotatable bonds is 12. The zero-order chi connectivity index (χ0) is 24.9. The summed E-state index contributed by atoms with van der Waals surface area (Å²) < 4.78 is 0. The Morgan fingerprint density at radius 2 is 1.94 bits per heavy atom. The molecule has 0 saturated carbocycles. The summed E-state index contributed by atoms with van der Waals surface area (Å²) in [5.74, 6) is 0.398. The van der Waals surface area contributed by atoms with E-state index in [2.05, 4.69) is 68.7 Å². The van der Waals surface area contributed by atoms with Gasteiger partial charge in [0.2, 0.25) is 11.8 Å². The van der Waals surface area contributed by atoms with Crippen LogP contribution in [0.1, 0.15) is 70.4 Å². The molecule has 6 heteroatoms. The van der Waals surface area contributed by atoms with Crippen LogP contribution in [0.15, 0.2) is 48.1 Å². The van der Waals surface area contributed by atoms with Gasteiger partial charge in [0.25, 0.3) is 0 Å². The lowest BCUT2D eigenvalue weighted by molar-refractivity contribution is -0.135. The van der Waals surface area contributed by atoms with E-state index in [0.717, 1.165) is 36.9 Å². The van der Waals surface area contributed by atoms with E-state index < -0.39 is 6.04 Å². The van der Waals surface area contributed by atoms with Gasteiger partial charge in [0.1, 0.15) is 6.04 Å². The number of allylic oxidation sites excluding steroid dienone is 1. The van der Waals surface area contributed by atoms with E-state index in [-0.39, 0.29) is 17.9 Å². The molecule has 0 aromatic heterocycles. The van der Waals surface area contributed by atoms with Gasteiger partial charge >= 0.3 is 0 Å². The fourth-order valence-corrected chi connectivity index (χ4v) is 4.18. The number of nitrogens with zero attached hydrogens (tertiary/aromatic N) is 1. The van der Waals surface area contributed by atoms with E-state index in [0.29, 0.717) is 38.4 Å². The molecule has 0 bridgehead atoms. The second kappa shape index (κ2) is 14.7. The van der Waals surface area contributed by atoms with Crippen LogP contribution in [0.4, 0.5) is 0 Å². The molecule has 1 saturated heterocycles. The number of carbonyl (C=O) groups is 2. The minimum atomic E-state index is -0.440. The Labute approximate surface area is 206 Å². The molecule has 188 valence electrons. The minimum Gasteiger partial charge on any atom is -0.344 e. The average molecular weight is 469 g/mol. The lowest BCUT2D eigenvalue weighted by Crippen LogP contribution is -2.49. The van der Waals surface area contributed by atoms with Gasteiger partial charge < -0.3 is 21.3 Å². The second-order valence-electron chi connectivity index (χ2n) is 9.51. The third-order valence-electron chi connectivity index (χ3n) is 6.24. The number of nitrogens with two attached hydrogens (primary N) is 1. The zero-order valence-electron chi connectivity index (χ0n) is 21.5. The van der Waals surface area contributed by atoms with Crippen LogP contribution < -0.4 is 16.4 Å². The predicted octanol–water partition coefficient (Wildman–Crippen LogP) is 3.68. The number of nitrogens with one attached hydrogen (secondary N) is 2. The number of benzene rings is 1. The maximum Gasteiger partial charge on any atom is 0.245 e. The van der Waals surface area contributed by atoms with E-state index in [1.54, 1.807) is 0 Å². The summed E-state index contributed by atoms with van der Waals surface area (Å²) in [7, 11) is 0. The highest BCUT2D eigenvalue weighted by Crippen LogP contribution is 2.16. The molecule has 2 unspecified atom stereocenters. The van der Waals surface area contributed by atoms with Crippen LogP contribution in [0.2, 0.25) is 0 Å². The summed E-state index contributed by atoms with van der Waals surface area (Å²) in [4.78, 5) is 27.7. The number of likely N-dealkylation sites (tertiary alicyclic amines) is 1. The van der Waals surface area contributed by atoms with Gasteiger partial charge in [0, 0.05) is 32.2 Å². The maximum atomic E-state index is 13.1. The number of carbonyl (C=O) groups excluding carboxylic acids is 2. The van der Waals surface area contributed by atoms with Crippen molar-refractivity contribution in [3.8, 4) is 0 Å². The van der Waals surface area contributed by atoms with Gasteiger partial charge in [-0.25, -0.2) is 0 Å². The minimum absolute atomic E-state index is 0.0273. The third kappa shape index (κ3) is 9.43. The van der Waals surface area contributed by atoms with E-state index in [9.17, 15) is 9.59 Å². The molecule has 1 aromatic rings. The van der Waals surface area contributed by atoms with Gasteiger partial charge in [-0.1, -0.05) is 63.3 Å². The fourth-order valence-electron chi connectivity index (χ4n) is 4.18. The molecule has 2 atom stereocenters. The van der Waals surface area contributed by atoms with Crippen LogP contribution in [0.3, 0.4) is 0 Å². The van der Waals surface area contributed by atoms with Crippen molar-refractivity contribution in [2.45, 2.75) is 77.8 Å². The third-order valence-corrected chi connectivity index (χ3v) is 6.24. The van der Waals surface area contributed by atoms with Crippen LogP contribution >= 0.6 is 0 Å². The van der Waals surface area contributed by atoms with E-state index >= 15 is 0 Å². The Balaban J connectivity index is 1.86. The average Bonchev–Trinajstić information content (AvgIpc) is 2.98. The lowest BCUT2D eigenvalue weighted by atomic mass is 10.0. The van der Waals surface area contributed by atoms with Gasteiger partial charge in [0.05, 0.1) is 6.42 Å². The normalized spacial score (nSPS) is 18.4. The van der Waals surface area contributed by atoms with Gasteiger partial charge in [-0.3, -0.25) is 9.59 Å². The highest BCUT2D eigenvalue weighted by atomic mass is 16.2. The lowest BCUT2D eigenvalue weighted by Gasteiger charge is -2.25. The molecule has 2 amide bonds. The van der Waals surface area contributed by atoms with Crippen molar-refractivity contribution in [3.05, 3.63) is 59.2 Å². The highest BCUT2D eigenvalue weighted by molar-refractivity contribution is 5.88. The molecule has 2 rings (SSSR count). The largest absolute Gasteiger partial charge is 0.344 e. The molecular formula is C28H44N4O2. The van der Waals surface area contributed by atoms with Crippen molar-refractivity contribution in [1.29, 1.82) is 0 Å². The Morgan fingerprint density at radius 1 is 1.21 bits per heavy atom. The van der Waals surface area contributed by atoms with E-state index in [1.165, 1.54) is 5.56 Å².